The first kappa shape index (κ1) is 23.5. The van der Waals surface area contributed by atoms with E-state index in [1.54, 1.807) is 20.8 Å². The Kier molecular flexibility index (Phi) is 6.44. The molecule has 0 unspecified atom stereocenters. The Hall–Kier alpha value is -3.64. The molecule has 0 saturated heterocycles. The van der Waals surface area contributed by atoms with Crippen LogP contribution in [0, 0.1) is 11.6 Å². The van der Waals surface area contributed by atoms with Gasteiger partial charge in [-0.3, -0.25) is 4.57 Å². The Balaban J connectivity index is 1.99. The molecule has 0 atom stereocenters. The van der Waals surface area contributed by atoms with Crippen molar-refractivity contribution in [2.75, 3.05) is 0 Å². The van der Waals surface area contributed by atoms with Gasteiger partial charge < -0.3 is 14.6 Å². The SMILES string of the molecule is CCn1c(CO)nn(-c2nc(OC(C)C)c3c(Oc4c(F)cccc4Cl)nncc3c2F)c1=O. The highest BCUT2D eigenvalue weighted by molar-refractivity contribution is 6.32. The lowest BCUT2D eigenvalue weighted by Gasteiger charge is -2.16. The van der Waals surface area contributed by atoms with E-state index in [1.165, 1.54) is 16.7 Å². The number of fused-ring (bicyclic) bond motifs is 1. The number of hydrogen-bond acceptors (Lipinski definition) is 8. The number of nitrogens with zero attached hydrogens (tertiary/aromatic N) is 6. The van der Waals surface area contributed by atoms with Crippen LogP contribution in [0.3, 0.4) is 0 Å². The monoisotopic (exact) mass is 492 g/mol. The topological polar surface area (TPSA) is 117 Å². The second-order valence-electron chi connectivity index (χ2n) is 7.33. The lowest BCUT2D eigenvalue weighted by Crippen LogP contribution is -2.25. The van der Waals surface area contributed by atoms with Gasteiger partial charge in [-0.25, -0.2) is 13.6 Å². The molecule has 0 amide bonds. The maximum absolute atomic E-state index is 15.7. The lowest BCUT2D eigenvalue weighted by atomic mass is 10.2. The van der Waals surface area contributed by atoms with Crippen molar-refractivity contribution in [2.45, 2.75) is 40.0 Å². The van der Waals surface area contributed by atoms with Gasteiger partial charge in [0, 0.05) is 6.54 Å². The second-order valence-corrected chi connectivity index (χ2v) is 7.73. The fraction of sp³-hybridized carbons (Fsp3) is 0.286. The number of hydrogen-bond donors (Lipinski definition) is 1. The molecule has 34 heavy (non-hydrogen) atoms. The summed E-state index contributed by atoms with van der Waals surface area (Å²) < 4.78 is 43.2. The summed E-state index contributed by atoms with van der Waals surface area (Å²) in [4.78, 5) is 17.0. The Labute approximate surface area is 196 Å². The molecule has 4 rings (SSSR count). The van der Waals surface area contributed by atoms with E-state index in [9.17, 15) is 14.3 Å². The van der Waals surface area contributed by atoms with Crippen molar-refractivity contribution >= 4 is 22.4 Å². The van der Waals surface area contributed by atoms with Gasteiger partial charge in [-0.2, -0.15) is 14.8 Å². The smallest absolute Gasteiger partial charge is 0.352 e. The van der Waals surface area contributed by atoms with Gasteiger partial charge in [-0.15, -0.1) is 10.2 Å². The largest absolute Gasteiger partial charge is 0.474 e. The Morgan fingerprint density at radius 2 is 2.00 bits per heavy atom. The summed E-state index contributed by atoms with van der Waals surface area (Å²) in [5.41, 5.74) is -0.704. The minimum absolute atomic E-state index is 0.0335. The zero-order valence-electron chi connectivity index (χ0n) is 18.3. The molecule has 3 aromatic heterocycles. The molecule has 10 nitrogen and oxygen atoms in total. The van der Waals surface area contributed by atoms with Crippen LogP contribution >= 0.6 is 11.6 Å². The van der Waals surface area contributed by atoms with Crippen LogP contribution in [-0.2, 0) is 13.2 Å². The van der Waals surface area contributed by atoms with Crippen molar-refractivity contribution in [3.63, 3.8) is 0 Å². The fourth-order valence-electron chi connectivity index (χ4n) is 3.27. The third-order valence-corrected chi connectivity index (χ3v) is 5.03. The van der Waals surface area contributed by atoms with Crippen LogP contribution in [0.2, 0.25) is 5.02 Å². The number of halogens is 3. The average Bonchev–Trinajstić information content (AvgIpc) is 3.13. The van der Waals surface area contributed by atoms with Crippen LogP contribution in [0.5, 0.6) is 17.5 Å². The number of benzene rings is 1. The zero-order chi connectivity index (χ0) is 24.6. The Bertz CT molecular complexity index is 1420. The van der Waals surface area contributed by atoms with Crippen LogP contribution in [0.1, 0.15) is 26.6 Å². The molecule has 0 saturated carbocycles. The molecule has 178 valence electrons. The van der Waals surface area contributed by atoms with Gasteiger partial charge in [0.25, 0.3) is 5.88 Å². The standard InChI is InChI=1S/C21H19ClF2N6O4/c1-4-29-14(9-31)28-30(21(29)32)18-16(24)11-8-25-27-20(15(11)19(26-18)33-10(2)3)34-17-12(22)6-5-7-13(17)23/h5-8,10,31H,4,9H2,1-3H3. The van der Waals surface area contributed by atoms with Crippen molar-refractivity contribution in [3.8, 4) is 23.3 Å². The highest BCUT2D eigenvalue weighted by atomic mass is 35.5. The fourth-order valence-corrected chi connectivity index (χ4v) is 3.47. The van der Waals surface area contributed by atoms with Gasteiger partial charge in [0.15, 0.2) is 29.0 Å². The van der Waals surface area contributed by atoms with Crippen molar-refractivity contribution in [3.05, 3.63) is 57.4 Å². The predicted molar refractivity (Wildman–Crippen MR) is 118 cm³/mol. The number of para-hydroxylation sites is 1. The second kappa shape index (κ2) is 9.31. The van der Waals surface area contributed by atoms with Gasteiger partial charge in [-0.1, -0.05) is 17.7 Å². The first-order valence-electron chi connectivity index (χ1n) is 10.2. The van der Waals surface area contributed by atoms with Crippen molar-refractivity contribution < 1.29 is 23.4 Å². The molecule has 0 spiro atoms. The number of pyridine rings is 1. The molecule has 1 aromatic carbocycles. The number of ether oxygens (including phenoxy) is 2. The van der Waals surface area contributed by atoms with Crippen LogP contribution in [0.4, 0.5) is 8.78 Å². The lowest BCUT2D eigenvalue weighted by molar-refractivity contribution is 0.234. The van der Waals surface area contributed by atoms with Crippen LogP contribution in [-0.4, -0.2) is 40.7 Å². The molecule has 3 heterocycles. The van der Waals surface area contributed by atoms with Crippen LogP contribution in [0.15, 0.2) is 29.2 Å². The van der Waals surface area contributed by atoms with Crippen molar-refractivity contribution in [2.24, 2.45) is 0 Å². The molecule has 13 heteroatoms. The van der Waals surface area contributed by atoms with Gasteiger partial charge in [-0.05, 0) is 32.9 Å². The van der Waals surface area contributed by atoms with Gasteiger partial charge in [0.1, 0.15) is 12.0 Å². The Morgan fingerprint density at radius 3 is 2.62 bits per heavy atom. The summed E-state index contributed by atoms with van der Waals surface area (Å²) in [7, 11) is 0. The number of aliphatic hydroxyl groups excluding tert-OH is 1. The molecule has 0 aliphatic rings. The molecule has 0 bridgehead atoms. The molecule has 0 fully saturated rings. The molecule has 0 radical (unpaired) electrons. The normalized spacial score (nSPS) is 11.4. The molecular weight excluding hydrogens is 474 g/mol. The van der Waals surface area contributed by atoms with E-state index in [2.05, 4.69) is 20.3 Å². The third-order valence-electron chi connectivity index (χ3n) is 4.74. The molecule has 0 aliphatic carbocycles. The highest BCUT2D eigenvalue weighted by Gasteiger charge is 2.26. The van der Waals surface area contributed by atoms with E-state index in [-0.39, 0.29) is 45.7 Å². The summed E-state index contributed by atoms with van der Waals surface area (Å²) in [6.45, 7) is 4.76. The number of aromatic nitrogens is 6. The van der Waals surface area contributed by atoms with Crippen LogP contribution in [0.25, 0.3) is 16.6 Å². The van der Waals surface area contributed by atoms with Crippen LogP contribution < -0.4 is 15.2 Å². The summed E-state index contributed by atoms with van der Waals surface area (Å²) in [6, 6.07) is 3.95. The first-order valence-corrected chi connectivity index (χ1v) is 10.6. The van der Waals surface area contributed by atoms with Crippen molar-refractivity contribution in [1.29, 1.82) is 0 Å². The molecule has 1 N–H and O–H groups in total. The van der Waals surface area contributed by atoms with E-state index >= 15 is 4.39 Å². The van der Waals surface area contributed by atoms with Gasteiger partial charge in [0.2, 0.25) is 5.88 Å². The van der Waals surface area contributed by atoms with E-state index in [0.717, 1.165) is 16.9 Å². The van der Waals surface area contributed by atoms with E-state index in [0.29, 0.717) is 0 Å². The third kappa shape index (κ3) is 4.05. The van der Waals surface area contributed by atoms with E-state index in [4.69, 9.17) is 21.1 Å². The summed E-state index contributed by atoms with van der Waals surface area (Å²) in [6.07, 6.45) is 0.665. The molecule has 4 aromatic rings. The number of rotatable bonds is 7. The molecule has 0 aliphatic heterocycles. The van der Waals surface area contributed by atoms with Gasteiger partial charge >= 0.3 is 5.69 Å². The Morgan fingerprint density at radius 1 is 1.24 bits per heavy atom. The summed E-state index contributed by atoms with van der Waals surface area (Å²) >= 11 is 6.05. The minimum Gasteiger partial charge on any atom is -0.474 e. The quantitative estimate of drug-likeness (QED) is 0.417. The number of aliphatic hydroxyl groups is 1. The first-order chi connectivity index (χ1) is 16.3. The predicted octanol–water partition coefficient (Wildman–Crippen LogP) is 3.40. The summed E-state index contributed by atoms with van der Waals surface area (Å²) in [5.74, 6) is -2.97. The zero-order valence-corrected chi connectivity index (χ0v) is 19.0. The van der Waals surface area contributed by atoms with Gasteiger partial charge in [0.05, 0.1) is 22.7 Å². The van der Waals surface area contributed by atoms with E-state index < -0.39 is 35.9 Å². The maximum Gasteiger partial charge on any atom is 0.352 e. The minimum atomic E-state index is -0.974. The average molecular weight is 493 g/mol. The highest BCUT2D eigenvalue weighted by Crippen LogP contribution is 2.39. The molecular formula is C21H19ClF2N6O4. The van der Waals surface area contributed by atoms with E-state index in [1.807, 2.05) is 0 Å². The summed E-state index contributed by atoms with van der Waals surface area (Å²) in [5, 5.41) is 20.9. The van der Waals surface area contributed by atoms with Crippen molar-refractivity contribution in [1.82, 2.24) is 29.5 Å². The maximum atomic E-state index is 15.7.